The van der Waals surface area contributed by atoms with E-state index >= 15 is 0 Å². The first-order valence-electron chi connectivity index (χ1n) is 7.78. The molecule has 0 radical (unpaired) electrons. The summed E-state index contributed by atoms with van der Waals surface area (Å²) in [5.74, 6) is -0.396. The van der Waals surface area contributed by atoms with E-state index in [9.17, 15) is 9.18 Å². The average Bonchev–Trinajstić information content (AvgIpc) is 2.70. The van der Waals surface area contributed by atoms with E-state index in [1.54, 1.807) is 18.2 Å². The van der Waals surface area contributed by atoms with Gasteiger partial charge in [0.15, 0.2) is 18.1 Å². The second-order valence-electron chi connectivity index (χ2n) is 5.22. The lowest BCUT2D eigenvalue weighted by Crippen LogP contribution is -2.03. The molecule has 0 heterocycles. The highest BCUT2D eigenvalue weighted by Gasteiger charge is 2.07. The standard InChI is InChI=1S/C20H15FN2O4/c1-25-19-11-14(3-6-18(19)26-9-8-22)4-7-20(24)27-13-16-10-15(12-23)2-5-17(16)21/h2-7,10-11H,9,13H2,1H3/b7-4+. The molecule has 7 heteroatoms. The minimum absolute atomic E-state index is 0.110. The highest BCUT2D eigenvalue weighted by Crippen LogP contribution is 2.28. The van der Waals surface area contributed by atoms with Crippen LogP contribution in [-0.2, 0) is 16.1 Å². The zero-order chi connectivity index (χ0) is 19.6. The Labute approximate surface area is 155 Å². The Kier molecular flexibility index (Phi) is 6.92. The van der Waals surface area contributed by atoms with Gasteiger partial charge in [-0.05, 0) is 42.0 Å². The summed E-state index contributed by atoms with van der Waals surface area (Å²) in [5.41, 5.74) is 1.05. The predicted octanol–water partition coefficient (Wildman–Crippen LogP) is 3.36. The first-order valence-corrected chi connectivity index (χ1v) is 7.78. The summed E-state index contributed by atoms with van der Waals surface area (Å²) in [4.78, 5) is 11.8. The smallest absolute Gasteiger partial charge is 0.331 e. The molecule has 0 saturated carbocycles. The summed E-state index contributed by atoms with van der Waals surface area (Å²) in [6.45, 7) is -0.393. The molecule has 136 valence electrons. The summed E-state index contributed by atoms with van der Waals surface area (Å²) in [6, 6.07) is 12.5. The molecule has 0 atom stereocenters. The molecule has 2 aromatic rings. The second kappa shape index (κ2) is 9.59. The lowest BCUT2D eigenvalue weighted by molar-refractivity contribution is -0.138. The van der Waals surface area contributed by atoms with Gasteiger partial charge in [-0.25, -0.2) is 9.18 Å². The van der Waals surface area contributed by atoms with Crippen molar-refractivity contribution in [2.24, 2.45) is 0 Å². The molecule has 2 aromatic carbocycles. The van der Waals surface area contributed by atoms with Crippen molar-refractivity contribution in [2.45, 2.75) is 6.61 Å². The van der Waals surface area contributed by atoms with Crippen molar-refractivity contribution in [2.75, 3.05) is 13.7 Å². The van der Waals surface area contributed by atoms with Crippen LogP contribution in [0.15, 0.2) is 42.5 Å². The number of hydrogen-bond acceptors (Lipinski definition) is 6. The highest BCUT2D eigenvalue weighted by molar-refractivity contribution is 5.87. The van der Waals surface area contributed by atoms with Gasteiger partial charge in [0.05, 0.1) is 18.7 Å². The van der Waals surface area contributed by atoms with E-state index in [2.05, 4.69) is 0 Å². The van der Waals surface area contributed by atoms with Gasteiger partial charge in [0, 0.05) is 11.6 Å². The van der Waals surface area contributed by atoms with Gasteiger partial charge in [-0.2, -0.15) is 10.5 Å². The minimum Gasteiger partial charge on any atom is -0.493 e. The van der Waals surface area contributed by atoms with Crippen molar-refractivity contribution >= 4 is 12.0 Å². The van der Waals surface area contributed by atoms with Crippen LogP contribution in [0.5, 0.6) is 11.5 Å². The summed E-state index contributed by atoms with van der Waals surface area (Å²) in [6.07, 6.45) is 2.69. The topological polar surface area (TPSA) is 92.3 Å². The zero-order valence-corrected chi connectivity index (χ0v) is 14.4. The van der Waals surface area contributed by atoms with Gasteiger partial charge < -0.3 is 14.2 Å². The molecule has 0 aliphatic rings. The SMILES string of the molecule is COc1cc(/C=C/C(=O)OCc2cc(C#N)ccc2F)ccc1OCC#N. The summed E-state index contributed by atoms with van der Waals surface area (Å²) >= 11 is 0. The molecule has 0 bridgehead atoms. The number of nitrogens with zero attached hydrogens (tertiary/aromatic N) is 2. The van der Waals surface area contributed by atoms with Crippen LogP contribution in [0.3, 0.4) is 0 Å². The Balaban J connectivity index is 2.00. The number of rotatable bonds is 7. The lowest BCUT2D eigenvalue weighted by Gasteiger charge is -2.08. The third kappa shape index (κ3) is 5.58. The van der Waals surface area contributed by atoms with E-state index in [4.69, 9.17) is 24.7 Å². The van der Waals surface area contributed by atoms with Crippen molar-refractivity contribution < 1.29 is 23.4 Å². The lowest BCUT2D eigenvalue weighted by atomic mass is 10.1. The largest absolute Gasteiger partial charge is 0.493 e. The maximum Gasteiger partial charge on any atom is 0.331 e. The molecule has 0 N–H and O–H groups in total. The molecule has 2 rings (SSSR count). The van der Waals surface area contributed by atoms with Gasteiger partial charge in [0.25, 0.3) is 0 Å². The first kappa shape index (κ1) is 19.5. The van der Waals surface area contributed by atoms with E-state index in [0.29, 0.717) is 17.1 Å². The number of nitriles is 2. The Hall–Kier alpha value is -3.84. The molecule has 0 spiro atoms. The van der Waals surface area contributed by atoms with Crippen LogP contribution < -0.4 is 9.47 Å². The molecule has 0 aliphatic heterocycles. The molecule has 27 heavy (non-hydrogen) atoms. The van der Waals surface area contributed by atoms with Crippen molar-refractivity contribution in [1.82, 2.24) is 0 Å². The molecular weight excluding hydrogens is 351 g/mol. The van der Waals surface area contributed by atoms with E-state index in [-0.39, 0.29) is 24.3 Å². The van der Waals surface area contributed by atoms with Gasteiger partial charge in [0.1, 0.15) is 18.5 Å². The Bertz CT molecular complexity index is 942. The van der Waals surface area contributed by atoms with Crippen molar-refractivity contribution in [3.05, 3.63) is 65.0 Å². The molecule has 0 saturated heterocycles. The van der Waals surface area contributed by atoms with E-state index in [1.165, 1.54) is 31.4 Å². The van der Waals surface area contributed by atoms with Crippen molar-refractivity contribution in [3.63, 3.8) is 0 Å². The predicted molar refractivity (Wildman–Crippen MR) is 94.0 cm³/mol. The van der Waals surface area contributed by atoms with Crippen LogP contribution in [0.1, 0.15) is 16.7 Å². The van der Waals surface area contributed by atoms with Crippen molar-refractivity contribution in [3.8, 4) is 23.6 Å². The number of carbonyl (C=O) groups is 1. The third-order valence-electron chi connectivity index (χ3n) is 3.44. The van der Waals surface area contributed by atoms with Gasteiger partial charge in [0.2, 0.25) is 0 Å². The summed E-state index contributed by atoms with van der Waals surface area (Å²) in [5, 5.41) is 17.4. The number of carbonyl (C=O) groups excluding carboxylic acids is 1. The Morgan fingerprint density at radius 3 is 2.70 bits per heavy atom. The molecule has 0 aliphatic carbocycles. The van der Waals surface area contributed by atoms with E-state index in [0.717, 1.165) is 6.07 Å². The van der Waals surface area contributed by atoms with Crippen LogP contribution in [0.25, 0.3) is 6.08 Å². The number of methoxy groups -OCH3 is 1. The number of ether oxygens (including phenoxy) is 3. The molecule has 0 fully saturated rings. The number of hydrogen-bond donors (Lipinski definition) is 0. The fraction of sp³-hybridized carbons (Fsp3) is 0.150. The minimum atomic E-state index is -0.666. The number of benzene rings is 2. The normalized spacial score (nSPS) is 10.1. The fourth-order valence-electron chi connectivity index (χ4n) is 2.13. The van der Waals surface area contributed by atoms with Crippen LogP contribution >= 0.6 is 0 Å². The average molecular weight is 366 g/mol. The Morgan fingerprint density at radius 2 is 2.00 bits per heavy atom. The van der Waals surface area contributed by atoms with Crippen LogP contribution in [-0.4, -0.2) is 19.7 Å². The van der Waals surface area contributed by atoms with Gasteiger partial charge in [-0.1, -0.05) is 6.07 Å². The molecular formula is C20H15FN2O4. The van der Waals surface area contributed by atoms with Crippen LogP contribution in [0.2, 0.25) is 0 Å². The van der Waals surface area contributed by atoms with Gasteiger partial charge in [-0.3, -0.25) is 0 Å². The van der Waals surface area contributed by atoms with Gasteiger partial charge >= 0.3 is 5.97 Å². The third-order valence-corrected chi connectivity index (χ3v) is 3.44. The molecule has 0 aromatic heterocycles. The number of halogens is 1. The molecule has 0 unspecified atom stereocenters. The second-order valence-corrected chi connectivity index (χ2v) is 5.22. The quantitative estimate of drug-likeness (QED) is 0.551. The summed E-state index contributed by atoms with van der Waals surface area (Å²) in [7, 11) is 1.46. The zero-order valence-electron chi connectivity index (χ0n) is 14.4. The van der Waals surface area contributed by atoms with Crippen molar-refractivity contribution in [1.29, 1.82) is 10.5 Å². The van der Waals surface area contributed by atoms with E-state index < -0.39 is 11.8 Å². The maximum atomic E-state index is 13.7. The van der Waals surface area contributed by atoms with E-state index in [1.807, 2.05) is 12.1 Å². The van der Waals surface area contributed by atoms with Crippen LogP contribution in [0.4, 0.5) is 4.39 Å². The molecule has 6 nitrogen and oxygen atoms in total. The van der Waals surface area contributed by atoms with Gasteiger partial charge in [-0.15, -0.1) is 0 Å². The number of esters is 1. The first-order chi connectivity index (χ1) is 13.1. The Morgan fingerprint density at radius 1 is 1.19 bits per heavy atom. The molecule has 0 amide bonds. The highest BCUT2D eigenvalue weighted by atomic mass is 19.1. The van der Waals surface area contributed by atoms with Crippen LogP contribution in [0, 0.1) is 28.5 Å². The fourth-order valence-corrected chi connectivity index (χ4v) is 2.13. The summed E-state index contributed by atoms with van der Waals surface area (Å²) < 4.78 is 29.0. The maximum absolute atomic E-state index is 13.7. The monoisotopic (exact) mass is 366 g/mol.